The average Bonchev–Trinajstić information content (AvgIpc) is 2.22. The van der Waals surface area contributed by atoms with Crippen LogP contribution in [0.25, 0.3) is 0 Å². The number of aliphatic carboxylic acids is 2. The second-order valence-corrected chi connectivity index (χ2v) is 3.79. The van der Waals surface area contributed by atoms with E-state index in [-0.39, 0.29) is 11.5 Å². The third kappa shape index (κ3) is 6.21. The van der Waals surface area contributed by atoms with Crippen LogP contribution in [0, 0.1) is 0 Å². The van der Waals surface area contributed by atoms with Crippen LogP contribution < -0.4 is 10.6 Å². The molecule has 16 heavy (non-hydrogen) atoms. The Bertz CT molecular complexity index is 216. The standard InChI is InChI=1S/C8H16N2O4S2/c11-7(12)5(3-15)9-1-2-10-6(4-16)8(13)14/h5-6,9-10,15-16H,1-4H2,(H,11,12)(H,13,14)/t5-,6+. The molecule has 0 saturated heterocycles. The van der Waals surface area contributed by atoms with Crippen LogP contribution in [0.3, 0.4) is 0 Å². The van der Waals surface area contributed by atoms with E-state index >= 15 is 0 Å². The smallest absolute Gasteiger partial charge is 0.321 e. The molecule has 0 unspecified atom stereocenters. The first-order valence-corrected chi connectivity index (χ1v) is 5.93. The van der Waals surface area contributed by atoms with Crippen molar-refractivity contribution in [2.75, 3.05) is 24.6 Å². The third-order valence-corrected chi connectivity index (χ3v) is 2.60. The lowest BCUT2D eigenvalue weighted by atomic mass is 10.3. The number of nitrogens with one attached hydrogen (secondary N) is 2. The van der Waals surface area contributed by atoms with E-state index < -0.39 is 24.0 Å². The van der Waals surface area contributed by atoms with Crippen molar-refractivity contribution < 1.29 is 19.8 Å². The van der Waals surface area contributed by atoms with Crippen LogP contribution in [0.5, 0.6) is 0 Å². The van der Waals surface area contributed by atoms with Gasteiger partial charge in [0.25, 0.3) is 0 Å². The van der Waals surface area contributed by atoms with Gasteiger partial charge in [0.15, 0.2) is 0 Å². The second kappa shape index (κ2) is 8.68. The summed E-state index contributed by atoms with van der Waals surface area (Å²) >= 11 is 7.76. The summed E-state index contributed by atoms with van der Waals surface area (Å²) in [7, 11) is 0. The fraction of sp³-hybridized carbons (Fsp3) is 0.750. The monoisotopic (exact) mass is 268 g/mol. The molecular weight excluding hydrogens is 252 g/mol. The number of carbonyl (C=O) groups is 2. The molecule has 0 heterocycles. The van der Waals surface area contributed by atoms with E-state index in [1.54, 1.807) is 0 Å². The molecule has 0 aromatic heterocycles. The summed E-state index contributed by atoms with van der Waals surface area (Å²) < 4.78 is 0. The normalized spacial score (nSPS) is 14.4. The van der Waals surface area contributed by atoms with Crippen LogP contribution in [0.1, 0.15) is 0 Å². The van der Waals surface area contributed by atoms with Gasteiger partial charge in [-0.3, -0.25) is 9.59 Å². The zero-order valence-corrected chi connectivity index (χ0v) is 10.4. The Labute approximate surface area is 105 Å². The van der Waals surface area contributed by atoms with Gasteiger partial charge in [-0.1, -0.05) is 0 Å². The van der Waals surface area contributed by atoms with Gasteiger partial charge in [0.1, 0.15) is 12.1 Å². The molecule has 0 aromatic rings. The topological polar surface area (TPSA) is 98.7 Å². The fourth-order valence-electron chi connectivity index (χ4n) is 0.953. The van der Waals surface area contributed by atoms with Gasteiger partial charge >= 0.3 is 11.9 Å². The summed E-state index contributed by atoms with van der Waals surface area (Å²) in [6.07, 6.45) is 0. The van der Waals surface area contributed by atoms with E-state index in [2.05, 4.69) is 35.9 Å². The zero-order valence-electron chi connectivity index (χ0n) is 8.59. The second-order valence-electron chi connectivity index (χ2n) is 3.06. The van der Waals surface area contributed by atoms with Crippen molar-refractivity contribution in [3.63, 3.8) is 0 Å². The Morgan fingerprint density at radius 1 is 0.938 bits per heavy atom. The predicted octanol–water partition coefficient (Wildman–Crippen LogP) is -1.07. The first kappa shape index (κ1) is 15.6. The van der Waals surface area contributed by atoms with E-state index in [0.717, 1.165) is 0 Å². The third-order valence-electron chi connectivity index (χ3n) is 1.87. The highest BCUT2D eigenvalue weighted by molar-refractivity contribution is 7.80. The summed E-state index contributed by atoms with van der Waals surface area (Å²) in [4.78, 5) is 21.2. The molecule has 8 heteroatoms. The van der Waals surface area contributed by atoms with Crippen molar-refractivity contribution in [2.45, 2.75) is 12.1 Å². The highest BCUT2D eigenvalue weighted by atomic mass is 32.1. The van der Waals surface area contributed by atoms with Crippen molar-refractivity contribution in [1.29, 1.82) is 0 Å². The molecule has 0 saturated carbocycles. The maximum Gasteiger partial charge on any atom is 0.321 e. The maximum atomic E-state index is 10.6. The van der Waals surface area contributed by atoms with Gasteiger partial charge in [-0.25, -0.2) is 0 Å². The lowest BCUT2D eigenvalue weighted by Gasteiger charge is -2.14. The molecule has 0 radical (unpaired) electrons. The number of carboxylic acids is 2. The van der Waals surface area contributed by atoms with Gasteiger partial charge in [-0.15, -0.1) is 0 Å². The Morgan fingerprint density at radius 2 is 1.25 bits per heavy atom. The Hall–Kier alpha value is -0.440. The number of hydrogen-bond donors (Lipinski definition) is 6. The first-order chi connectivity index (χ1) is 7.52. The van der Waals surface area contributed by atoms with Gasteiger partial charge in [0.05, 0.1) is 0 Å². The van der Waals surface area contributed by atoms with Crippen molar-refractivity contribution in [3.8, 4) is 0 Å². The van der Waals surface area contributed by atoms with E-state index in [1.165, 1.54) is 0 Å². The van der Waals surface area contributed by atoms with Gasteiger partial charge in [0, 0.05) is 24.6 Å². The number of thiol groups is 2. The van der Waals surface area contributed by atoms with E-state index in [4.69, 9.17) is 10.2 Å². The van der Waals surface area contributed by atoms with Gasteiger partial charge in [0.2, 0.25) is 0 Å². The highest BCUT2D eigenvalue weighted by Gasteiger charge is 2.16. The molecule has 0 bridgehead atoms. The highest BCUT2D eigenvalue weighted by Crippen LogP contribution is 1.89. The van der Waals surface area contributed by atoms with Gasteiger partial charge in [-0.2, -0.15) is 25.3 Å². The molecule has 0 amide bonds. The van der Waals surface area contributed by atoms with Crippen LogP contribution in [0.4, 0.5) is 0 Å². The number of rotatable bonds is 9. The Kier molecular flexibility index (Phi) is 8.44. The minimum absolute atomic E-state index is 0.185. The molecule has 0 spiro atoms. The summed E-state index contributed by atoms with van der Waals surface area (Å²) in [6.45, 7) is 0.712. The lowest BCUT2D eigenvalue weighted by Crippen LogP contribution is -2.45. The maximum absolute atomic E-state index is 10.6. The van der Waals surface area contributed by atoms with Crippen LogP contribution in [-0.2, 0) is 9.59 Å². The van der Waals surface area contributed by atoms with Gasteiger partial charge in [-0.05, 0) is 0 Å². The van der Waals surface area contributed by atoms with Crippen LogP contribution in [0.2, 0.25) is 0 Å². The molecule has 94 valence electrons. The summed E-state index contributed by atoms with van der Waals surface area (Å²) in [6, 6.07) is -1.44. The molecular formula is C8H16N2O4S2. The molecule has 6 nitrogen and oxygen atoms in total. The SMILES string of the molecule is O=C(O)[C@H](CS)NCCN[C@H](CS)C(=O)O. The van der Waals surface area contributed by atoms with E-state index in [0.29, 0.717) is 13.1 Å². The Balaban J connectivity index is 3.73. The van der Waals surface area contributed by atoms with Crippen molar-refractivity contribution >= 4 is 37.2 Å². The zero-order chi connectivity index (χ0) is 12.6. The fourth-order valence-corrected chi connectivity index (χ4v) is 1.52. The van der Waals surface area contributed by atoms with Crippen LogP contribution in [-0.4, -0.2) is 58.8 Å². The van der Waals surface area contributed by atoms with Crippen molar-refractivity contribution in [2.24, 2.45) is 0 Å². The molecule has 0 aliphatic heterocycles. The molecule has 4 N–H and O–H groups in total. The average molecular weight is 268 g/mol. The summed E-state index contributed by atoms with van der Waals surface area (Å²) in [5.74, 6) is -1.58. The van der Waals surface area contributed by atoms with Crippen molar-refractivity contribution in [3.05, 3.63) is 0 Å². The number of hydrogen-bond acceptors (Lipinski definition) is 6. The van der Waals surface area contributed by atoms with Crippen molar-refractivity contribution in [1.82, 2.24) is 10.6 Å². The van der Waals surface area contributed by atoms with Crippen LogP contribution >= 0.6 is 25.3 Å². The minimum Gasteiger partial charge on any atom is -0.480 e. The minimum atomic E-state index is -0.973. The quantitative estimate of drug-likeness (QED) is 0.235. The molecule has 0 aliphatic rings. The Morgan fingerprint density at radius 3 is 1.44 bits per heavy atom. The number of carboxylic acid groups (broad SMARTS) is 2. The molecule has 0 fully saturated rings. The summed E-state index contributed by atoms with van der Waals surface area (Å²) in [5, 5.41) is 22.8. The van der Waals surface area contributed by atoms with Crippen LogP contribution in [0.15, 0.2) is 0 Å². The first-order valence-electron chi connectivity index (χ1n) is 4.67. The molecule has 0 rings (SSSR count). The molecule has 2 atom stereocenters. The largest absolute Gasteiger partial charge is 0.480 e. The van der Waals surface area contributed by atoms with E-state index in [1.807, 2.05) is 0 Å². The van der Waals surface area contributed by atoms with E-state index in [9.17, 15) is 9.59 Å². The van der Waals surface area contributed by atoms with Gasteiger partial charge < -0.3 is 20.8 Å². The summed E-state index contributed by atoms with van der Waals surface area (Å²) in [5.41, 5.74) is 0. The lowest BCUT2D eigenvalue weighted by molar-refractivity contribution is -0.140. The molecule has 0 aromatic carbocycles. The predicted molar refractivity (Wildman–Crippen MR) is 66.6 cm³/mol. The molecule has 0 aliphatic carbocycles.